The highest BCUT2D eigenvalue weighted by Gasteiger charge is 2.23. The molecule has 22 heavy (non-hydrogen) atoms. The maximum Gasteiger partial charge on any atom is 0.269 e. The number of hydrogen-bond donors (Lipinski definition) is 1. The van der Waals surface area contributed by atoms with Gasteiger partial charge in [-0.25, -0.2) is 22.7 Å². The molecule has 1 aromatic heterocycles. The summed E-state index contributed by atoms with van der Waals surface area (Å²) in [5.41, 5.74) is 1.19. The minimum absolute atomic E-state index is 0.229. The average Bonchev–Trinajstić information content (AvgIpc) is 2.72. The summed E-state index contributed by atoms with van der Waals surface area (Å²) in [7, 11) is -1.55. The number of nitrogens with zero attached hydrogens (tertiary/aromatic N) is 3. The molecule has 2 heterocycles. The third-order valence-corrected chi connectivity index (χ3v) is 5.26. The van der Waals surface area contributed by atoms with E-state index in [0.717, 1.165) is 31.4 Å². The van der Waals surface area contributed by atoms with Crippen molar-refractivity contribution in [3.05, 3.63) is 23.8 Å². The van der Waals surface area contributed by atoms with Crippen LogP contribution in [0.4, 0.5) is 0 Å². The van der Waals surface area contributed by atoms with Crippen LogP contribution < -0.4 is 5.32 Å². The van der Waals surface area contributed by atoms with E-state index in [1.165, 1.54) is 12.6 Å². The first-order chi connectivity index (χ1) is 10.4. The van der Waals surface area contributed by atoms with Gasteiger partial charge in [-0.2, -0.15) is 0 Å². The molecule has 2 rings (SSSR count). The van der Waals surface area contributed by atoms with Crippen LogP contribution in [-0.2, 0) is 16.4 Å². The summed E-state index contributed by atoms with van der Waals surface area (Å²) in [5, 5.41) is 2.54. The van der Waals surface area contributed by atoms with Crippen LogP contribution in [0.2, 0.25) is 0 Å². The molecule has 1 fully saturated rings. The first-order valence-electron chi connectivity index (χ1n) is 7.38. The summed E-state index contributed by atoms with van der Waals surface area (Å²) < 4.78 is 24.8. The largest absolute Gasteiger partial charge is 0.354 e. The van der Waals surface area contributed by atoms with Gasteiger partial charge in [0.1, 0.15) is 12.0 Å². The first-order valence-corrected chi connectivity index (χ1v) is 9.23. The minimum Gasteiger partial charge on any atom is -0.354 e. The van der Waals surface area contributed by atoms with Crippen molar-refractivity contribution in [2.75, 3.05) is 26.4 Å². The van der Waals surface area contributed by atoms with Crippen molar-refractivity contribution in [3.8, 4) is 0 Å². The van der Waals surface area contributed by atoms with Gasteiger partial charge in [-0.1, -0.05) is 0 Å². The second-order valence-electron chi connectivity index (χ2n) is 5.64. The van der Waals surface area contributed by atoms with E-state index in [1.54, 1.807) is 17.4 Å². The van der Waals surface area contributed by atoms with Gasteiger partial charge in [0.05, 0.1) is 6.26 Å². The van der Waals surface area contributed by atoms with Gasteiger partial charge in [0.2, 0.25) is 10.0 Å². The monoisotopic (exact) mass is 326 g/mol. The van der Waals surface area contributed by atoms with Crippen LogP contribution in [0.25, 0.3) is 0 Å². The SMILES string of the molecule is CNC(=O)c1cc(CC2CCCN(S(C)(=O)=O)CC2)ncn1. The highest BCUT2D eigenvalue weighted by molar-refractivity contribution is 7.88. The Morgan fingerprint density at radius 3 is 2.82 bits per heavy atom. The van der Waals surface area contributed by atoms with Crippen molar-refractivity contribution in [2.24, 2.45) is 5.92 Å². The second kappa shape index (κ2) is 7.15. The van der Waals surface area contributed by atoms with E-state index in [1.807, 2.05) is 0 Å². The lowest BCUT2D eigenvalue weighted by molar-refractivity contribution is 0.0957. The van der Waals surface area contributed by atoms with Gasteiger partial charge in [-0.05, 0) is 37.7 Å². The quantitative estimate of drug-likeness (QED) is 0.867. The van der Waals surface area contributed by atoms with E-state index < -0.39 is 10.0 Å². The van der Waals surface area contributed by atoms with Crippen molar-refractivity contribution in [1.82, 2.24) is 19.6 Å². The Morgan fingerprint density at radius 2 is 2.14 bits per heavy atom. The number of amides is 1. The Hall–Kier alpha value is -1.54. The van der Waals surface area contributed by atoms with Gasteiger partial charge < -0.3 is 5.32 Å². The Kier molecular flexibility index (Phi) is 5.47. The predicted octanol–water partition coefficient (Wildman–Crippen LogP) is 0.440. The van der Waals surface area contributed by atoms with Gasteiger partial charge in [-0.3, -0.25) is 4.79 Å². The van der Waals surface area contributed by atoms with Crippen LogP contribution in [0.5, 0.6) is 0 Å². The third kappa shape index (κ3) is 4.48. The number of rotatable bonds is 4. The zero-order chi connectivity index (χ0) is 16.2. The fraction of sp³-hybridized carbons (Fsp3) is 0.643. The van der Waals surface area contributed by atoms with Crippen molar-refractivity contribution < 1.29 is 13.2 Å². The van der Waals surface area contributed by atoms with E-state index in [9.17, 15) is 13.2 Å². The molecule has 7 nitrogen and oxygen atoms in total. The topological polar surface area (TPSA) is 92.3 Å². The summed E-state index contributed by atoms with van der Waals surface area (Å²) >= 11 is 0. The number of nitrogens with one attached hydrogen (secondary N) is 1. The summed E-state index contributed by atoms with van der Waals surface area (Å²) in [4.78, 5) is 19.8. The van der Waals surface area contributed by atoms with Crippen molar-refractivity contribution >= 4 is 15.9 Å². The number of sulfonamides is 1. The minimum atomic E-state index is -3.11. The first kappa shape index (κ1) is 16.8. The molecular weight excluding hydrogens is 304 g/mol. The lowest BCUT2D eigenvalue weighted by Gasteiger charge is -2.17. The van der Waals surface area contributed by atoms with Crippen molar-refractivity contribution in [1.29, 1.82) is 0 Å². The molecule has 0 spiro atoms. The molecule has 1 saturated heterocycles. The van der Waals surface area contributed by atoms with E-state index in [4.69, 9.17) is 0 Å². The molecule has 8 heteroatoms. The Labute approximate surface area is 131 Å². The number of hydrogen-bond acceptors (Lipinski definition) is 5. The van der Waals surface area contributed by atoms with Crippen LogP contribution in [0, 0.1) is 5.92 Å². The maximum atomic E-state index is 11.6. The molecule has 0 aliphatic carbocycles. The predicted molar refractivity (Wildman–Crippen MR) is 82.9 cm³/mol. The Morgan fingerprint density at radius 1 is 1.36 bits per heavy atom. The zero-order valence-electron chi connectivity index (χ0n) is 12.9. The lowest BCUT2D eigenvalue weighted by atomic mass is 9.95. The van der Waals surface area contributed by atoms with Gasteiger partial charge in [-0.15, -0.1) is 0 Å². The van der Waals surface area contributed by atoms with E-state index in [0.29, 0.717) is 24.7 Å². The van der Waals surface area contributed by atoms with Crippen LogP contribution >= 0.6 is 0 Å². The molecule has 122 valence electrons. The molecular formula is C14H22N4O3S. The Bertz CT molecular complexity index is 633. The smallest absolute Gasteiger partial charge is 0.269 e. The molecule has 0 radical (unpaired) electrons. The summed E-state index contributed by atoms with van der Waals surface area (Å²) in [6, 6.07) is 1.71. The fourth-order valence-corrected chi connectivity index (χ4v) is 3.63. The molecule has 1 amide bonds. The van der Waals surface area contributed by atoms with E-state index in [-0.39, 0.29) is 5.91 Å². The van der Waals surface area contributed by atoms with Gasteiger partial charge >= 0.3 is 0 Å². The molecule has 1 unspecified atom stereocenters. The second-order valence-corrected chi connectivity index (χ2v) is 7.62. The average molecular weight is 326 g/mol. The van der Waals surface area contributed by atoms with Crippen LogP contribution in [0.15, 0.2) is 12.4 Å². The molecule has 1 aliphatic rings. The summed E-state index contributed by atoms with van der Waals surface area (Å²) in [6.45, 7) is 1.14. The van der Waals surface area contributed by atoms with Crippen molar-refractivity contribution in [2.45, 2.75) is 25.7 Å². The molecule has 0 saturated carbocycles. The lowest BCUT2D eigenvalue weighted by Crippen LogP contribution is -2.30. The zero-order valence-corrected chi connectivity index (χ0v) is 13.8. The number of aromatic nitrogens is 2. The molecule has 0 bridgehead atoms. The van der Waals surface area contributed by atoms with Gasteiger partial charge in [0.15, 0.2) is 0 Å². The molecule has 0 aromatic carbocycles. The number of carbonyl (C=O) groups is 1. The van der Waals surface area contributed by atoms with Gasteiger partial charge in [0, 0.05) is 25.8 Å². The van der Waals surface area contributed by atoms with Crippen LogP contribution in [0.3, 0.4) is 0 Å². The molecule has 1 aromatic rings. The van der Waals surface area contributed by atoms with Crippen LogP contribution in [0.1, 0.15) is 35.4 Å². The Balaban J connectivity index is 2.01. The van der Waals surface area contributed by atoms with Gasteiger partial charge in [0.25, 0.3) is 5.91 Å². The van der Waals surface area contributed by atoms with E-state index >= 15 is 0 Å². The fourth-order valence-electron chi connectivity index (χ4n) is 2.73. The third-order valence-electron chi connectivity index (χ3n) is 3.96. The molecule has 1 atom stereocenters. The van der Waals surface area contributed by atoms with Crippen LogP contribution in [-0.4, -0.2) is 55.0 Å². The summed E-state index contributed by atoms with van der Waals surface area (Å²) in [6.07, 6.45) is 6.03. The standard InChI is InChI=1S/C14H22N4O3S/c1-15-14(19)13-9-12(16-10-17-13)8-11-4-3-6-18(7-5-11)22(2,20)21/h9-11H,3-8H2,1-2H3,(H,15,19). The normalized spacial score (nSPS) is 20.4. The van der Waals surface area contributed by atoms with E-state index in [2.05, 4.69) is 15.3 Å². The maximum absolute atomic E-state index is 11.6. The molecule has 1 aliphatic heterocycles. The number of carbonyl (C=O) groups excluding carboxylic acids is 1. The highest BCUT2D eigenvalue weighted by Crippen LogP contribution is 2.22. The highest BCUT2D eigenvalue weighted by atomic mass is 32.2. The molecule has 1 N–H and O–H groups in total. The summed E-state index contributed by atoms with van der Waals surface area (Å²) in [5.74, 6) is 0.145. The van der Waals surface area contributed by atoms with Crippen molar-refractivity contribution in [3.63, 3.8) is 0 Å².